The lowest BCUT2D eigenvalue weighted by molar-refractivity contribution is -0.180. The van der Waals surface area contributed by atoms with Gasteiger partial charge in [-0.2, -0.15) is 0 Å². The Bertz CT molecular complexity index is 1790. The molecule has 0 saturated heterocycles. The molecule has 4 aromatic rings. The van der Waals surface area contributed by atoms with Crippen LogP contribution in [-0.2, 0) is 20.8 Å². The third-order valence-corrected chi connectivity index (χ3v) is 10.9. The maximum atomic E-state index is 16.0. The van der Waals surface area contributed by atoms with Crippen molar-refractivity contribution in [2.24, 2.45) is 22.0 Å². The Hall–Kier alpha value is -5.06. The highest BCUT2D eigenvalue weighted by Crippen LogP contribution is 2.58. The van der Waals surface area contributed by atoms with Gasteiger partial charge in [-0.05, 0) is 47.9 Å². The van der Waals surface area contributed by atoms with Crippen LogP contribution in [0, 0.1) is 16.2 Å². The number of amides is 2. The number of methoxy groups -OCH3 is 4. The van der Waals surface area contributed by atoms with Crippen LogP contribution in [-0.4, -0.2) is 67.5 Å². The Morgan fingerprint density at radius 1 is 0.564 bits per heavy atom. The topological polar surface area (TPSA) is 141 Å². The molecule has 10 heteroatoms. The van der Waals surface area contributed by atoms with Gasteiger partial charge in [-0.25, -0.2) is 0 Å². The highest BCUT2D eigenvalue weighted by Gasteiger charge is 2.66. The summed E-state index contributed by atoms with van der Waals surface area (Å²) in [5.41, 5.74) is -0.340. The highest BCUT2D eigenvalue weighted by atomic mass is 16.5. The van der Waals surface area contributed by atoms with Crippen LogP contribution in [0.25, 0.3) is 0 Å². The number of carbonyl (C=O) groups is 2. The summed E-state index contributed by atoms with van der Waals surface area (Å²) in [5.74, 6) is 0.0119. The molecule has 0 unspecified atom stereocenters. The number of benzene rings is 4. The van der Waals surface area contributed by atoms with Crippen LogP contribution in [0.1, 0.15) is 76.6 Å². The number of aliphatic hydroxyl groups is 2. The van der Waals surface area contributed by atoms with Gasteiger partial charge in [-0.3, -0.25) is 9.59 Å². The van der Waals surface area contributed by atoms with Gasteiger partial charge in [0.15, 0.2) is 0 Å². The molecule has 0 radical (unpaired) electrons. The lowest BCUT2D eigenvalue weighted by Gasteiger charge is -2.58. The van der Waals surface area contributed by atoms with E-state index >= 15 is 4.79 Å². The average molecular weight is 753 g/mol. The van der Waals surface area contributed by atoms with E-state index in [0.29, 0.717) is 45.3 Å². The van der Waals surface area contributed by atoms with Gasteiger partial charge in [0.05, 0.1) is 40.5 Å². The van der Waals surface area contributed by atoms with Crippen LogP contribution in [0.3, 0.4) is 0 Å². The van der Waals surface area contributed by atoms with Crippen molar-refractivity contribution in [2.45, 2.75) is 77.7 Å². The van der Waals surface area contributed by atoms with Crippen molar-refractivity contribution < 1.29 is 38.7 Å². The van der Waals surface area contributed by atoms with Crippen molar-refractivity contribution in [3.05, 3.63) is 119 Å². The van der Waals surface area contributed by atoms with E-state index < -0.39 is 51.3 Å². The van der Waals surface area contributed by atoms with Gasteiger partial charge < -0.3 is 39.8 Å². The van der Waals surface area contributed by atoms with Crippen molar-refractivity contribution in [3.8, 4) is 23.0 Å². The first-order chi connectivity index (χ1) is 25.9. The molecule has 0 aliphatic heterocycles. The van der Waals surface area contributed by atoms with Crippen molar-refractivity contribution in [2.75, 3.05) is 28.4 Å². The standard InChI is InChI=1S/C45H56N2O8/c1-41(2,3)37(44(50,29-19-11-15-23-33(29)52-7)30-20-12-16-24-34(30)53-8)47(40(49)43(27-28-43)39(46)48)38(42(4,5)6)45(51,31-21-13-17-25-35(31)54-9)32-22-14-18-26-36(32)55-10/h11-26,37-38,50-51H,27-28H2,1-10H3,(H2,46,48)/t37-,38-/m1/s1. The Labute approximate surface area is 325 Å². The maximum absolute atomic E-state index is 16.0. The van der Waals surface area contributed by atoms with E-state index in [1.54, 1.807) is 102 Å². The fourth-order valence-electron chi connectivity index (χ4n) is 8.53. The number of primary amides is 1. The van der Waals surface area contributed by atoms with Crippen LogP contribution < -0.4 is 24.7 Å². The molecule has 0 heterocycles. The molecule has 1 aliphatic carbocycles. The predicted molar refractivity (Wildman–Crippen MR) is 212 cm³/mol. The molecule has 5 rings (SSSR count). The molecule has 4 aromatic carbocycles. The SMILES string of the molecule is COc1ccccc1C(O)(c1ccccc1OC)[C@H](N(C(=O)C1(C(N)=O)CC1)[C@H](C(C)(C)C)C(O)(c1ccccc1OC)c1ccccc1OC)C(C)(C)C. The van der Waals surface area contributed by atoms with Gasteiger partial charge in [-0.1, -0.05) is 114 Å². The maximum Gasteiger partial charge on any atom is 0.239 e. The van der Waals surface area contributed by atoms with Crippen molar-refractivity contribution in [1.82, 2.24) is 4.90 Å². The zero-order valence-electron chi connectivity index (χ0n) is 33.7. The van der Waals surface area contributed by atoms with E-state index in [1.807, 2.05) is 41.5 Å². The number of carbonyl (C=O) groups excluding carboxylic acids is 2. The lowest BCUT2D eigenvalue weighted by Crippen LogP contribution is -2.70. The van der Waals surface area contributed by atoms with Crippen molar-refractivity contribution >= 4 is 11.8 Å². The summed E-state index contributed by atoms with van der Waals surface area (Å²) in [6, 6.07) is 25.8. The number of ether oxygens (including phenoxy) is 4. The molecule has 1 saturated carbocycles. The third kappa shape index (κ3) is 7.02. The zero-order valence-corrected chi connectivity index (χ0v) is 33.7. The summed E-state index contributed by atoms with van der Waals surface area (Å²) in [7, 11) is 6.07. The van der Waals surface area contributed by atoms with Crippen LogP contribution in [0.4, 0.5) is 0 Å². The number of rotatable bonds is 14. The Kier molecular flexibility index (Phi) is 11.4. The van der Waals surface area contributed by atoms with E-state index in [1.165, 1.54) is 28.4 Å². The molecular weight excluding hydrogens is 697 g/mol. The smallest absolute Gasteiger partial charge is 0.239 e. The molecule has 4 N–H and O–H groups in total. The van der Waals surface area contributed by atoms with Gasteiger partial charge in [0.1, 0.15) is 39.6 Å². The first kappa shape index (κ1) is 41.1. The molecule has 0 bridgehead atoms. The Morgan fingerprint density at radius 3 is 1.02 bits per heavy atom. The van der Waals surface area contributed by atoms with Crippen LogP contribution in [0.5, 0.6) is 23.0 Å². The number of hydrogen-bond donors (Lipinski definition) is 3. The third-order valence-electron chi connectivity index (χ3n) is 10.9. The molecule has 1 fully saturated rings. The largest absolute Gasteiger partial charge is 0.496 e. The zero-order chi connectivity index (χ0) is 40.6. The van der Waals surface area contributed by atoms with E-state index in [4.69, 9.17) is 24.7 Å². The van der Waals surface area contributed by atoms with Gasteiger partial charge in [0.25, 0.3) is 0 Å². The minimum atomic E-state index is -2.12. The van der Waals surface area contributed by atoms with Gasteiger partial charge in [0, 0.05) is 22.3 Å². The fourth-order valence-corrected chi connectivity index (χ4v) is 8.53. The monoisotopic (exact) mass is 752 g/mol. The summed E-state index contributed by atoms with van der Waals surface area (Å²) in [5, 5.41) is 28.3. The molecule has 1 aliphatic rings. The molecule has 0 spiro atoms. The summed E-state index contributed by atoms with van der Waals surface area (Å²) in [4.78, 5) is 31.0. The molecule has 2 amide bonds. The average Bonchev–Trinajstić information content (AvgIpc) is 3.98. The highest BCUT2D eigenvalue weighted by molar-refractivity contribution is 6.07. The first-order valence-electron chi connectivity index (χ1n) is 18.5. The minimum Gasteiger partial charge on any atom is -0.496 e. The molecule has 294 valence electrons. The van der Waals surface area contributed by atoms with Crippen LogP contribution >= 0.6 is 0 Å². The summed E-state index contributed by atoms with van der Waals surface area (Å²) in [6.07, 6.45) is 0.407. The first-order valence-corrected chi connectivity index (χ1v) is 18.5. The van der Waals surface area contributed by atoms with Gasteiger partial charge in [-0.15, -0.1) is 0 Å². The summed E-state index contributed by atoms with van der Waals surface area (Å²) < 4.78 is 23.8. The number of nitrogens with zero attached hydrogens (tertiary/aromatic N) is 1. The van der Waals surface area contributed by atoms with E-state index in [-0.39, 0.29) is 12.8 Å². The second-order valence-electron chi connectivity index (χ2n) is 16.5. The van der Waals surface area contributed by atoms with Crippen molar-refractivity contribution in [3.63, 3.8) is 0 Å². The van der Waals surface area contributed by atoms with E-state index in [0.717, 1.165) is 0 Å². The molecular formula is C45H56N2O8. The minimum absolute atomic E-state index is 0.203. The second-order valence-corrected chi connectivity index (χ2v) is 16.5. The Morgan fingerprint density at radius 2 is 0.818 bits per heavy atom. The summed E-state index contributed by atoms with van der Waals surface area (Å²) in [6.45, 7) is 11.5. The van der Waals surface area contributed by atoms with Crippen LogP contribution in [0.2, 0.25) is 0 Å². The number of nitrogens with two attached hydrogens (primary N) is 1. The molecule has 0 aromatic heterocycles. The number of para-hydroxylation sites is 4. The van der Waals surface area contributed by atoms with Gasteiger partial charge >= 0.3 is 0 Å². The van der Waals surface area contributed by atoms with E-state index in [2.05, 4.69) is 0 Å². The van der Waals surface area contributed by atoms with E-state index in [9.17, 15) is 15.0 Å². The second kappa shape index (κ2) is 15.2. The molecule has 10 nitrogen and oxygen atoms in total. The van der Waals surface area contributed by atoms with Gasteiger partial charge in [0.2, 0.25) is 11.8 Å². The Balaban J connectivity index is 2.06. The quantitative estimate of drug-likeness (QED) is 0.119. The normalized spacial score (nSPS) is 15.3. The predicted octanol–water partition coefficient (Wildman–Crippen LogP) is 6.82. The molecule has 2 atom stereocenters. The molecule has 55 heavy (non-hydrogen) atoms. The summed E-state index contributed by atoms with van der Waals surface area (Å²) >= 11 is 0. The van der Waals surface area contributed by atoms with Crippen LogP contribution in [0.15, 0.2) is 97.1 Å². The lowest BCUT2D eigenvalue weighted by atomic mass is 9.63. The van der Waals surface area contributed by atoms with Crippen molar-refractivity contribution in [1.29, 1.82) is 0 Å². The number of hydrogen-bond acceptors (Lipinski definition) is 8. The fraction of sp³-hybridized carbons (Fsp3) is 0.422.